The molecular weight excluding hydrogens is 458 g/mol. The highest BCUT2D eigenvalue weighted by molar-refractivity contribution is 7.20. The molecule has 1 fully saturated rings. The number of hydrogen-bond acceptors (Lipinski definition) is 6. The largest absolute Gasteiger partial charge is 0.431 e. The number of piperidine rings is 1. The number of nitrogens with zero attached hydrogens (tertiary/aromatic N) is 2. The molecule has 0 bridgehead atoms. The molecule has 6 nitrogen and oxygen atoms in total. The van der Waals surface area contributed by atoms with E-state index >= 15 is 0 Å². The molecule has 1 amide bonds. The maximum absolute atomic E-state index is 12.4. The van der Waals surface area contributed by atoms with Crippen molar-refractivity contribution in [2.24, 2.45) is 5.92 Å². The monoisotopic (exact) mass is 487 g/mol. The predicted molar refractivity (Wildman–Crippen MR) is 138 cm³/mol. The topological polar surface area (TPSA) is 63.7 Å². The number of likely N-dealkylation sites (tertiary alicyclic amines) is 1. The number of thiazole rings is 1. The van der Waals surface area contributed by atoms with Crippen LogP contribution in [0.2, 0.25) is 0 Å². The Morgan fingerprint density at radius 1 is 0.943 bits per heavy atom. The van der Waals surface area contributed by atoms with Crippen LogP contribution in [0.25, 0.3) is 10.2 Å². The summed E-state index contributed by atoms with van der Waals surface area (Å²) in [6, 6.07) is 26.1. The Kier molecular flexibility index (Phi) is 7.68. The molecule has 3 aromatic carbocycles. The van der Waals surface area contributed by atoms with Gasteiger partial charge in [-0.2, -0.15) is 0 Å². The van der Waals surface area contributed by atoms with Crippen LogP contribution in [0.4, 0.5) is 0 Å². The maximum Gasteiger partial charge on any atom is 0.279 e. The molecule has 180 valence electrons. The zero-order valence-electron chi connectivity index (χ0n) is 19.6. The van der Waals surface area contributed by atoms with E-state index in [1.807, 2.05) is 60.7 Å². The zero-order chi connectivity index (χ0) is 23.9. The first-order valence-corrected chi connectivity index (χ1v) is 12.8. The number of benzene rings is 3. The first kappa shape index (κ1) is 23.5. The van der Waals surface area contributed by atoms with Gasteiger partial charge in [0, 0.05) is 12.5 Å². The second kappa shape index (κ2) is 11.4. The Morgan fingerprint density at radius 2 is 1.69 bits per heavy atom. The molecule has 1 aromatic heterocycles. The molecule has 1 saturated heterocycles. The fourth-order valence-corrected chi connectivity index (χ4v) is 5.11. The number of fused-ring (bicyclic) bond motifs is 1. The number of carbonyl (C=O) groups is 1. The van der Waals surface area contributed by atoms with Gasteiger partial charge in [-0.1, -0.05) is 65.9 Å². The summed E-state index contributed by atoms with van der Waals surface area (Å²) in [4.78, 5) is 24.8. The van der Waals surface area contributed by atoms with Gasteiger partial charge >= 0.3 is 0 Å². The van der Waals surface area contributed by atoms with Crippen molar-refractivity contribution in [3.8, 4) is 10.9 Å². The molecule has 2 heterocycles. The summed E-state index contributed by atoms with van der Waals surface area (Å²) in [6.45, 7) is 3.22. The number of hydrogen-bond donors (Lipinski definition) is 1. The van der Waals surface area contributed by atoms with Crippen molar-refractivity contribution in [1.29, 1.82) is 0 Å². The van der Waals surface area contributed by atoms with Crippen molar-refractivity contribution in [1.82, 2.24) is 15.4 Å². The molecule has 0 atom stereocenters. The van der Waals surface area contributed by atoms with Gasteiger partial charge in [-0.15, -0.1) is 0 Å². The van der Waals surface area contributed by atoms with Gasteiger partial charge in [-0.05, 0) is 67.7 Å². The number of carbonyl (C=O) groups excluding carboxylic acids is 1. The summed E-state index contributed by atoms with van der Waals surface area (Å²) < 4.78 is 7.07. The van der Waals surface area contributed by atoms with Gasteiger partial charge in [0.05, 0.1) is 16.8 Å². The van der Waals surface area contributed by atoms with Crippen molar-refractivity contribution in [2.45, 2.75) is 25.9 Å². The van der Waals surface area contributed by atoms with Gasteiger partial charge in [0.15, 0.2) is 0 Å². The lowest BCUT2D eigenvalue weighted by Gasteiger charge is -2.31. The van der Waals surface area contributed by atoms with Crippen LogP contribution in [0.5, 0.6) is 10.9 Å². The third-order valence-corrected chi connectivity index (χ3v) is 7.25. The van der Waals surface area contributed by atoms with Crippen LogP contribution in [0.15, 0.2) is 78.9 Å². The summed E-state index contributed by atoms with van der Waals surface area (Å²) in [6.07, 6.45) is 2.68. The molecule has 0 aliphatic carbocycles. The Bertz CT molecular complexity index is 1200. The summed E-state index contributed by atoms with van der Waals surface area (Å²) >= 11 is 1.55. The van der Waals surface area contributed by atoms with Crippen molar-refractivity contribution < 1.29 is 14.4 Å². The summed E-state index contributed by atoms with van der Waals surface area (Å²) in [5, 5.41) is 0.663. The number of para-hydroxylation sites is 1. The van der Waals surface area contributed by atoms with Crippen molar-refractivity contribution in [2.75, 3.05) is 19.6 Å². The standard InChI is InChI=1S/C28H29N3O3S/c32-27(30-33-20-22-6-2-1-3-7-22)23-15-18-31(19-16-23)17-14-21-10-12-24(13-11-21)34-28-29-25-8-4-5-9-26(25)35-28/h1-13,23H,14-20H2,(H,30,32). The smallest absolute Gasteiger partial charge is 0.279 e. The molecule has 0 unspecified atom stereocenters. The van der Waals surface area contributed by atoms with Gasteiger partial charge < -0.3 is 9.64 Å². The van der Waals surface area contributed by atoms with Crippen molar-refractivity contribution in [3.63, 3.8) is 0 Å². The van der Waals surface area contributed by atoms with E-state index in [0.29, 0.717) is 11.8 Å². The van der Waals surface area contributed by atoms with Crippen LogP contribution in [-0.4, -0.2) is 35.4 Å². The summed E-state index contributed by atoms with van der Waals surface area (Å²) in [5.41, 5.74) is 5.91. The van der Waals surface area contributed by atoms with E-state index in [4.69, 9.17) is 9.57 Å². The molecule has 7 heteroatoms. The van der Waals surface area contributed by atoms with E-state index < -0.39 is 0 Å². The minimum atomic E-state index is -0.00991. The molecule has 4 aromatic rings. The second-order valence-corrected chi connectivity index (χ2v) is 9.79. The highest BCUT2D eigenvalue weighted by atomic mass is 32.1. The van der Waals surface area contributed by atoms with Crippen molar-refractivity contribution in [3.05, 3.63) is 90.0 Å². The maximum atomic E-state index is 12.4. The van der Waals surface area contributed by atoms with Crippen molar-refractivity contribution >= 4 is 27.5 Å². The van der Waals surface area contributed by atoms with Crippen LogP contribution in [0.1, 0.15) is 24.0 Å². The minimum Gasteiger partial charge on any atom is -0.431 e. The van der Waals surface area contributed by atoms with Gasteiger partial charge in [-0.25, -0.2) is 10.5 Å². The van der Waals surface area contributed by atoms with Crippen LogP contribution >= 0.6 is 11.3 Å². The van der Waals surface area contributed by atoms with E-state index in [-0.39, 0.29) is 11.8 Å². The predicted octanol–water partition coefficient (Wildman–Crippen LogP) is 5.59. The number of rotatable bonds is 9. The fraction of sp³-hybridized carbons (Fsp3) is 0.286. The van der Waals surface area contributed by atoms with E-state index in [0.717, 1.165) is 60.4 Å². The lowest BCUT2D eigenvalue weighted by atomic mass is 9.96. The molecule has 1 aliphatic heterocycles. The molecule has 0 radical (unpaired) electrons. The average molecular weight is 488 g/mol. The highest BCUT2D eigenvalue weighted by Gasteiger charge is 2.25. The molecular formula is C28H29N3O3S. The van der Waals surface area contributed by atoms with E-state index in [1.54, 1.807) is 11.3 Å². The van der Waals surface area contributed by atoms with E-state index in [9.17, 15) is 4.79 Å². The Labute approximate surface area is 209 Å². The SMILES string of the molecule is O=C(NOCc1ccccc1)C1CCN(CCc2ccc(Oc3nc4ccccc4s3)cc2)CC1. The highest BCUT2D eigenvalue weighted by Crippen LogP contribution is 2.31. The molecule has 5 rings (SSSR count). The third kappa shape index (κ3) is 6.45. The van der Waals surface area contributed by atoms with Crippen LogP contribution in [0, 0.1) is 5.92 Å². The molecule has 1 aliphatic rings. The first-order valence-electron chi connectivity index (χ1n) is 12.0. The Balaban J connectivity index is 1.02. The van der Waals surface area contributed by atoms with Crippen LogP contribution in [0.3, 0.4) is 0 Å². The average Bonchev–Trinajstić information content (AvgIpc) is 3.31. The van der Waals surface area contributed by atoms with Gasteiger partial charge in [0.2, 0.25) is 5.91 Å². The Hall–Kier alpha value is -3.26. The van der Waals surface area contributed by atoms with Gasteiger partial charge in [-0.3, -0.25) is 9.63 Å². The van der Waals surface area contributed by atoms with Gasteiger partial charge in [0.25, 0.3) is 5.19 Å². The minimum absolute atomic E-state index is 0.00991. The number of hydroxylamine groups is 1. The van der Waals surface area contributed by atoms with Gasteiger partial charge in [0.1, 0.15) is 5.75 Å². The molecule has 1 N–H and O–H groups in total. The lowest BCUT2D eigenvalue weighted by molar-refractivity contribution is -0.140. The van der Waals surface area contributed by atoms with E-state index in [2.05, 4.69) is 33.6 Å². The molecule has 0 saturated carbocycles. The molecule has 0 spiro atoms. The zero-order valence-corrected chi connectivity index (χ0v) is 20.4. The van der Waals surface area contributed by atoms with E-state index in [1.165, 1.54) is 5.56 Å². The van der Waals surface area contributed by atoms with Crippen LogP contribution < -0.4 is 10.2 Å². The number of amides is 1. The number of ether oxygens (including phenoxy) is 1. The Morgan fingerprint density at radius 3 is 2.46 bits per heavy atom. The molecule has 35 heavy (non-hydrogen) atoms. The second-order valence-electron chi connectivity index (χ2n) is 8.80. The third-order valence-electron chi connectivity index (χ3n) is 6.33. The summed E-state index contributed by atoms with van der Waals surface area (Å²) in [5.74, 6) is 0.805. The number of aromatic nitrogens is 1. The first-order chi connectivity index (χ1) is 17.2. The summed E-state index contributed by atoms with van der Waals surface area (Å²) in [7, 11) is 0. The fourth-order valence-electron chi connectivity index (χ4n) is 4.27. The quantitative estimate of drug-likeness (QED) is 0.312. The normalized spacial score (nSPS) is 14.7. The number of nitrogens with one attached hydrogen (secondary N) is 1. The lowest BCUT2D eigenvalue weighted by Crippen LogP contribution is -2.41. The van der Waals surface area contributed by atoms with Crippen LogP contribution in [-0.2, 0) is 22.7 Å².